The highest BCUT2D eigenvalue weighted by Gasteiger charge is 2.31. The van der Waals surface area contributed by atoms with Crippen LogP contribution in [0.4, 0.5) is 15.8 Å². The van der Waals surface area contributed by atoms with Crippen molar-refractivity contribution in [2.24, 2.45) is 0 Å². The van der Waals surface area contributed by atoms with E-state index >= 15 is 4.39 Å². The van der Waals surface area contributed by atoms with Gasteiger partial charge in [0, 0.05) is 38.4 Å². The van der Waals surface area contributed by atoms with Crippen LogP contribution in [-0.4, -0.2) is 67.3 Å². The van der Waals surface area contributed by atoms with E-state index in [1.54, 1.807) is 18.3 Å². The van der Waals surface area contributed by atoms with Gasteiger partial charge in [-0.15, -0.1) is 0 Å². The fourth-order valence-corrected chi connectivity index (χ4v) is 4.47. The highest BCUT2D eigenvalue weighted by Crippen LogP contribution is 2.42. The van der Waals surface area contributed by atoms with E-state index in [1.807, 2.05) is 23.4 Å². The van der Waals surface area contributed by atoms with Gasteiger partial charge in [0.1, 0.15) is 17.9 Å². The van der Waals surface area contributed by atoms with Gasteiger partial charge in [0.25, 0.3) is 5.91 Å². The number of ether oxygens (including phenoxy) is 2. The SMILES string of the molecule is COc1ccc(NC(=O)c2cn3c4c(c(N5CCN(C)CC5)c(F)cc4c2=O)OC[C@@H]3C)cn1. The average molecular weight is 468 g/mol. The molecule has 9 nitrogen and oxygen atoms in total. The Hall–Kier alpha value is -3.66. The topological polar surface area (TPSA) is 88.9 Å². The van der Waals surface area contributed by atoms with Gasteiger partial charge in [-0.1, -0.05) is 0 Å². The second-order valence-corrected chi connectivity index (χ2v) is 8.71. The maximum Gasteiger partial charge on any atom is 0.261 e. The van der Waals surface area contributed by atoms with Crippen molar-refractivity contribution in [2.75, 3.05) is 57.2 Å². The molecule has 10 heteroatoms. The number of carbonyl (C=O) groups excluding carboxylic acids is 1. The third-order valence-corrected chi connectivity index (χ3v) is 6.41. The van der Waals surface area contributed by atoms with E-state index in [0.717, 1.165) is 13.1 Å². The number of carbonyl (C=O) groups is 1. The molecule has 1 fully saturated rings. The van der Waals surface area contributed by atoms with Gasteiger partial charge in [-0.2, -0.15) is 0 Å². The minimum atomic E-state index is -0.591. The Balaban J connectivity index is 1.60. The zero-order valence-electron chi connectivity index (χ0n) is 19.3. The molecule has 2 aliphatic heterocycles. The lowest BCUT2D eigenvalue weighted by Crippen LogP contribution is -2.45. The van der Waals surface area contributed by atoms with Gasteiger partial charge in [-0.25, -0.2) is 9.37 Å². The van der Waals surface area contributed by atoms with Crippen LogP contribution in [0.2, 0.25) is 0 Å². The molecule has 1 saturated heterocycles. The molecule has 2 aliphatic rings. The Morgan fingerprint density at radius 2 is 2.03 bits per heavy atom. The van der Waals surface area contributed by atoms with E-state index in [-0.39, 0.29) is 17.0 Å². The largest absolute Gasteiger partial charge is 0.487 e. The van der Waals surface area contributed by atoms with Crippen molar-refractivity contribution in [3.8, 4) is 11.6 Å². The molecule has 0 saturated carbocycles. The molecule has 0 spiro atoms. The van der Waals surface area contributed by atoms with E-state index in [2.05, 4.69) is 15.2 Å². The van der Waals surface area contributed by atoms with Crippen LogP contribution in [0, 0.1) is 5.82 Å². The van der Waals surface area contributed by atoms with Crippen molar-refractivity contribution < 1.29 is 18.7 Å². The lowest BCUT2D eigenvalue weighted by atomic mass is 10.0. The quantitative estimate of drug-likeness (QED) is 0.631. The lowest BCUT2D eigenvalue weighted by Gasteiger charge is -2.37. The molecular formula is C24H26FN5O4. The highest BCUT2D eigenvalue weighted by atomic mass is 19.1. The Morgan fingerprint density at radius 3 is 2.71 bits per heavy atom. The molecule has 1 aromatic carbocycles. The summed E-state index contributed by atoms with van der Waals surface area (Å²) in [4.78, 5) is 34.6. The van der Waals surface area contributed by atoms with Crippen molar-refractivity contribution in [1.29, 1.82) is 0 Å². The monoisotopic (exact) mass is 467 g/mol. The number of rotatable bonds is 4. The number of amides is 1. The number of hydrogen-bond donors (Lipinski definition) is 1. The van der Waals surface area contributed by atoms with Crippen molar-refractivity contribution in [3.63, 3.8) is 0 Å². The van der Waals surface area contributed by atoms with E-state index in [9.17, 15) is 9.59 Å². The van der Waals surface area contributed by atoms with Crippen LogP contribution in [0.3, 0.4) is 0 Å². The maximum absolute atomic E-state index is 15.4. The summed E-state index contributed by atoms with van der Waals surface area (Å²) in [6.45, 7) is 5.16. The number of likely N-dealkylation sites (N-methyl/N-ethyl adjacent to an activating group) is 1. The van der Waals surface area contributed by atoms with Gasteiger partial charge in [0.15, 0.2) is 11.6 Å². The minimum Gasteiger partial charge on any atom is -0.487 e. The zero-order chi connectivity index (χ0) is 24.0. The summed E-state index contributed by atoms with van der Waals surface area (Å²) in [5.74, 6) is -0.351. The zero-order valence-corrected chi connectivity index (χ0v) is 19.3. The number of aromatic nitrogens is 2. The Bertz CT molecular complexity index is 1320. The average Bonchev–Trinajstić information content (AvgIpc) is 2.83. The predicted molar refractivity (Wildman–Crippen MR) is 127 cm³/mol. The molecule has 1 N–H and O–H groups in total. The van der Waals surface area contributed by atoms with E-state index < -0.39 is 17.2 Å². The first kappa shape index (κ1) is 22.1. The van der Waals surface area contributed by atoms with E-state index in [0.29, 0.717) is 48.2 Å². The summed E-state index contributed by atoms with van der Waals surface area (Å²) < 4.78 is 28.3. The van der Waals surface area contributed by atoms with Crippen LogP contribution in [-0.2, 0) is 0 Å². The van der Waals surface area contributed by atoms with Gasteiger partial charge in [0.05, 0.1) is 35.9 Å². The van der Waals surface area contributed by atoms with Gasteiger partial charge in [-0.05, 0) is 26.1 Å². The van der Waals surface area contributed by atoms with Crippen molar-refractivity contribution in [1.82, 2.24) is 14.5 Å². The first-order valence-electron chi connectivity index (χ1n) is 11.2. The standard InChI is InChI=1S/C24H26FN5O4/c1-14-13-34-23-20-16(10-18(25)21(23)29-8-6-28(2)7-9-29)22(31)17(12-30(14)20)24(32)27-15-4-5-19(33-3)26-11-15/h4-5,10-12,14H,6-9,13H2,1-3H3,(H,27,32)/t14-/m0/s1. The van der Waals surface area contributed by atoms with Crippen LogP contribution in [0.25, 0.3) is 10.9 Å². The number of pyridine rings is 2. The van der Waals surface area contributed by atoms with Crippen LogP contribution >= 0.6 is 0 Å². The molecule has 0 unspecified atom stereocenters. The number of methoxy groups -OCH3 is 1. The second-order valence-electron chi connectivity index (χ2n) is 8.71. The molecule has 34 heavy (non-hydrogen) atoms. The third kappa shape index (κ3) is 3.73. The maximum atomic E-state index is 15.4. The van der Waals surface area contributed by atoms with E-state index in [1.165, 1.54) is 19.4 Å². The number of nitrogens with zero attached hydrogens (tertiary/aromatic N) is 4. The van der Waals surface area contributed by atoms with Gasteiger partial charge >= 0.3 is 0 Å². The molecule has 178 valence electrons. The van der Waals surface area contributed by atoms with Crippen molar-refractivity contribution in [3.05, 3.63) is 52.2 Å². The van der Waals surface area contributed by atoms with E-state index in [4.69, 9.17) is 9.47 Å². The second kappa shape index (κ2) is 8.60. The number of benzene rings is 1. The summed E-state index contributed by atoms with van der Waals surface area (Å²) in [7, 11) is 3.53. The van der Waals surface area contributed by atoms with Crippen LogP contribution in [0.1, 0.15) is 23.3 Å². The lowest BCUT2D eigenvalue weighted by molar-refractivity contribution is 0.102. The molecule has 1 amide bonds. The third-order valence-electron chi connectivity index (χ3n) is 6.41. The van der Waals surface area contributed by atoms with Crippen LogP contribution in [0.15, 0.2) is 35.4 Å². The van der Waals surface area contributed by atoms with Crippen LogP contribution < -0.4 is 25.1 Å². The molecule has 3 aromatic rings. The smallest absolute Gasteiger partial charge is 0.261 e. The van der Waals surface area contributed by atoms with Crippen molar-refractivity contribution in [2.45, 2.75) is 13.0 Å². The molecule has 0 radical (unpaired) electrons. The van der Waals surface area contributed by atoms with Gasteiger partial charge in [-0.3, -0.25) is 9.59 Å². The molecule has 0 bridgehead atoms. The number of anilines is 2. The number of halogens is 1. The number of hydrogen-bond acceptors (Lipinski definition) is 7. The number of nitrogens with one attached hydrogen (secondary N) is 1. The summed E-state index contributed by atoms with van der Waals surface area (Å²) in [5.41, 5.74) is 0.685. The molecule has 1 atom stereocenters. The summed E-state index contributed by atoms with van der Waals surface area (Å²) in [6.07, 6.45) is 2.98. The normalized spacial score (nSPS) is 18.0. The Morgan fingerprint density at radius 1 is 1.26 bits per heavy atom. The Labute approximate surface area is 195 Å². The summed E-state index contributed by atoms with van der Waals surface area (Å²) >= 11 is 0. The molecule has 5 rings (SSSR count). The summed E-state index contributed by atoms with van der Waals surface area (Å²) in [5, 5.41) is 2.81. The molecule has 0 aliphatic carbocycles. The molecular weight excluding hydrogens is 441 g/mol. The number of piperazine rings is 1. The summed E-state index contributed by atoms with van der Waals surface area (Å²) in [6, 6.07) is 4.32. The molecule has 4 heterocycles. The fraction of sp³-hybridized carbons (Fsp3) is 0.375. The van der Waals surface area contributed by atoms with Gasteiger partial charge < -0.3 is 29.2 Å². The first-order chi connectivity index (χ1) is 16.4. The fourth-order valence-electron chi connectivity index (χ4n) is 4.47. The van der Waals surface area contributed by atoms with Crippen LogP contribution in [0.5, 0.6) is 11.6 Å². The molecule has 2 aromatic heterocycles. The first-order valence-corrected chi connectivity index (χ1v) is 11.2. The highest BCUT2D eigenvalue weighted by molar-refractivity contribution is 6.06. The van der Waals surface area contributed by atoms with Gasteiger partial charge in [0.2, 0.25) is 11.3 Å². The minimum absolute atomic E-state index is 0.0743. The Kier molecular flexibility index (Phi) is 5.60. The van der Waals surface area contributed by atoms with Crippen molar-refractivity contribution >= 4 is 28.2 Å². The predicted octanol–water partition coefficient (Wildman–Crippen LogP) is 2.50.